The van der Waals surface area contributed by atoms with E-state index in [9.17, 15) is 9.90 Å². The Balaban J connectivity index is 1.74. The van der Waals surface area contributed by atoms with Gasteiger partial charge in [-0.05, 0) is 0 Å². The van der Waals surface area contributed by atoms with Gasteiger partial charge in [0.25, 0.3) is 0 Å². The highest BCUT2D eigenvalue weighted by atomic mass is 16.6. The van der Waals surface area contributed by atoms with Gasteiger partial charge < -0.3 is 24.1 Å². The van der Waals surface area contributed by atoms with Gasteiger partial charge in [-0.1, -0.05) is 6.08 Å². The molecule has 0 radical (unpaired) electrons. The van der Waals surface area contributed by atoms with Crippen LogP contribution in [0.4, 0.5) is 0 Å². The Kier molecular flexibility index (Phi) is 4.11. The van der Waals surface area contributed by atoms with Crippen molar-refractivity contribution in [2.24, 2.45) is 0 Å². The van der Waals surface area contributed by atoms with Gasteiger partial charge in [0.1, 0.15) is 24.4 Å². The molecular formula is C11H16O6. The maximum absolute atomic E-state index is 10.8. The fourth-order valence-electron chi connectivity index (χ4n) is 1.98. The van der Waals surface area contributed by atoms with E-state index in [4.69, 9.17) is 14.2 Å². The van der Waals surface area contributed by atoms with Gasteiger partial charge in [-0.2, -0.15) is 0 Å². The summed E-state index contributed by atoms with van der Waals surface area (Å²) in [6.45, 7) is 0.970. The maximum Gasteiger partial charge on any atom is 0.330 e. The standard InChI is InChI=1S/C11H16O6/c1-14-9(13)3-2-4-15-8-6-17-10-7(12)5-16-11(8)10/h2-3,7-8,10-12H,4-6H2,1H3/b3-2+/t7-,8?,10?,11?/m1/s1. The van der Waals surface area contributed by atoms with Crippen molar-refractivity contribution in [3.63, 3.8) is 0 Å². The van der Waals surface area contributed by atoms with Crippen molar-refractivity contribution in [2.45, 2.75) is 24.4 Å². The third-order valence-electron chi connectivity index (χ3n) is 2.84. The summed E-state index contributed by atoms with van der Waals surface area (Å²) >= 11 is 0. The summed E-state index contributed by atoms with van der Waals surface area (Å²) in [5, 5.41) is 9.51. The van der Waals surface area contributed by atoms with Crippen molar-refractivity contribution >= 4 is 5.97 Å². The molecule has 0 amide bonds. The molecule has 2 aliphatic rings. The first-order chi connectivity index (χ1) is 8.22. The summed E-state index contributed by atoms with van der Waals surface area (Å²) in [7, 11) is 1.32. The van der Waals surface area contributed by atoms with Crippen molar-refractivity contribution in [1.29, 1.82) is 0 Å². The third-order valence-corrected chi connectivity index (χ3v) is 2.84. The molecule has 0 saturated carbocycles. The number of carbonyl (C=O) groups excluding carboxylic acids is 1. The molecule has 2 aliphatic heterocycles. The van der Waals surface area contributed by atoms with E-state index in [1.165, 1.54) is 13.2 Å². The lowest BCUT2D eigenvalue weighted by molar-refractivity contribution is -0.134. The summed E-state index contributed by atoms with van der Waals surface area (Å²) in [5.41, 5.74) is 0. The van der Waals surface area contributed by atoms with Gasteiger partial charge in [-0.15, -0.1) is 0 Å². The fourth-order valence-corrected chi connectivity index (χ4v) is 1.98. The quantitative estimate of drug-likeness (QED) is 0.518. The molecule has 0 aliphatic carbocycles. The van der Waals surface area contributed by atoms with Crippen LogP contribution in [0.25, 0.3) is 0 Å². The molecule has 0 bridgehead atoms. The van der Waals surface area contributed by atoms with Crippen molar-refractivity contribution in [3.8, 4) is 0 Å². The monoisotopic (exact) mass is 244 g/mol. The molecular weight excluding hydrogens is 228 g/mol. The first kappa shape index (κ1) is 12.5. The summed E-state index contributed by atoms with van der Waals surface area (Å²) < 4.78 is 20.7. The first-order valence-corrected chi connectivity index (χ1v) is 5.49. The summed E-state index contributed by atoms with van der Waals surface area (Å²) in [4.78, 5) is 10.8. The molecule has 4 atom stereocenters. The fraction of sp³-hybridized carbons (Fsp3) is 0.727. The zero-order valence-corrected chi connectivity index (χ0v) is 9.57. The van der Waals surface area contributed by atoms with Crippen molar-refractivity contribution in [3.05, 3.63) is 12.2 Å². The minimum Gasteiger partial charge on any atom is -0.466 e. The van der Waals surface area contributed by atoms with Gasteiger partial charge in [0.2, 0.25) is 0 Å². The van der Waals surface area contributed by atoms with E-state index >= 15 is 0 Å². The zero-order valence-electron chi connectivity index (χ0n) is 9.57. The lowest BCUT2D eigenvalue weighted by atomic mass is 10.1. The van der Waals surface area contributed by atoms with Gasteiger partial charge in [-0.3, -0.25) is 0 Å². The van der Waals surface area contributed by atoms with Gasteiger partial charge in [0.15, 0.2) is 0 Å². The second kappa shape index (κ2) is 5.59. The highest BCUT2D eigenvalue weighted by Gasteiger charge is 2.47. The number of fused-ring (bicyclic) bond motifs is 1. The lowest BCUT2D eigenvalue weighted by Crippen LogP contribution is -2.32. The van der Waals surface area contributed by atoms with E-state index in [0.717, 1.165) is 0 Å². The molecule has 96 valence electrons. The molecule has 0 aromatic heterocycles. The number of ether oxygens (including phenoxy) is 4. The molecule has 0 aromatic carbocycles. The molecule has 2 fully saturated rings. The highest BCUT2D eigenvalue weighted by molar-refractivity contribution is 5.81. The Morgan fingerprint density at radius 1 is 1.41 bits per heavy atom. The molecule has 2 heterocycles. The Morgan fingerprint density at radius 3 is 2.94 bits per heavy atom. The van der Waals surface area contributed by atoms with E-state index in [1.54, 1.807) is 6.08 Å². The predicted molar refractivity (Wildman–Crippen MR) is 56.4 cm³/mol. The zero-order chi connectivity index (χ0) is 12.3. The van der Waals surface area contributed by atoms with E-state index in [-0.39, 0.29) is 31.5 Å². The molecule has 17 heavy (non-hydrogen) atoms. The smallest absolute Gasteiger partial charge is 0.330 e. The average molecular weight is 244 g/mol. The Labute approximate surface area is 99.1 Å². The van der Waals surface area contributed by atoms with Crippen molar-refractivity contribution in [2.75, 3.05) is 26.9 Å². The number of esters is 1. The van der Waals surface area contributed by atoms with Crippen LogP contribution in [-0.4, -0.2) is 62.4 Å². The summed E-state index contributed by atoms with van der Waals surface area (Å²) in [5.74, 6) is -0.415. The third kappa shape index (κ3) is 2.84. The lowest BCUT2D eigenvalue weighted by Gasteiger charge is -2.15. The van der Waals surface area contributed by atoms with Crippen LogP contribution in [-0.2, 0) is 23.7 Å². The number of hydrogen-bond donors (Lipinski definition) is 1. The van der Waals surface area contributed by atoms with E-state index in [0.29, 0.717) is 6.61 Å². The molecule has 6 heteroatoms. The minimum absolute atomic E-state index is 0.195. The van der Waals surface area contributed by atoms with E-state index in [2.05, 4.69) is 4.74 Å². The van der Waals surface area contributed by atoms with E-state index in [1.807, 2.05) is 0 Å². The van der Waals surface area contributed by atoms with Crippen LogP contribution in [0.3, 0.4) is 0 Å². The van der Waals surface area contributed by atoms with Gasteiger partial charge in [0.05, 0.1) is 26.9 Å². The molecule has 1 N–H and O–H groups in total. The molecule has 3 unspecified atom stereocenters. The molecule has 0 spiro atoms. The number of aliphatic hydroxyl groups excluding tert-OH is 1. The predicted octanol–water partition coefficient (Wildman–Crippen LogP) is -0.741. The largest absolute Gasteiger partial charge is 0.466 e. The second-order valence-electron chi connectivity index (χ2n) is 3.96. The Bertz CT molecular complexity index is 302. The van der Waals surface area contributed by atoms with Crippen LogP contribution in [0.1, 0.15) is 0 Å². The van der Waals surface area contributed by atoms with E-state index < -0.39 is 12.1 Å². The Hall–Kier alpha value is -0.950. The number of aliphatic hydroxyl groups is 1. The number of hydrogen-bond acceptors (Lipinski definition) is 6. The minimum atomic E-state index is -0.570. The van der Waals surface area contributed by atoms with Crippen LogP contribution in [0.5, 0.6) is 0 Å². The number of carbonyl (C=O) groups is 1. The first-order valence-electron chi connectivity index (χ1n) is 5.49. The van der Waals surface area contributed by atoms with Gasteiger partial charge >= 0.3 is 5.97 Å². The number of methoxy groups -OCH3 is 1. The van der Waals surface area contributed by atoms with Gasteiger partial charge in [0, 0.05) is 6.08 Å². The van der Waals surface area contributed by atoms with Crippen LogP contribution < -0.4 is 0 Å². The molecule has 2 saturated heterocycles. The topological polar surface area (TPSA) is 74.2 Å². The molecule has 2 rings (SSSR count). The average Bonchev–Trinajstić information content (AvgIpc) is 2.89. The van der Waals surface area contributed by atoms with Crippen LogP contribution in [0.15, 0.2) is 12.2 Å². The molecule has 6 nitrogen and oxygen atoms in total. The van der Waals surface area contributed by atoms with Crippen molar-refractivity contribution in [1.82, 2.24) is 0 Å². The van der Waals surface area contributed by atoms with Crippen molar-refractivity contribution < 1.29 is 28.8 Å². The van der Waals surface area contributed by atoms with Crippen LogP contribution in [0.2, 0.25) is 0 Å². The highest BCUT2D eigenvalue weighted by Crippen LogP contribution is 2.28. The SMILES string of the molecule is COC(=O)/C=C/COC1COC2C1OC[C@H]2O. The normalized spacial score (nSPS) is 36.4. The Morgan fingerprint density at radius 2 is 2.18 bits per heavy atom. The molecule has 0 aromatic rings. The van der Waals surface area contributed by atoms with Gasteiger partial charge in [-0.25, -0.2) is 4.79 Å². The summed E-state index contributed by atoms with van der Waals surface area (Å²) in [6, 6.07) is 0. The van der Waals surface area contributed by atoms with Crippen LogP contribution >= 0.6 is 0 Å². The summed E-state index contributed by atoms with van der Waals surface area (Å²) in [6.07, 6.45) is 1.61. The van der Waals surface area contributed by atoms with Crippen LogP contribution in [0, 0.1) is 0 Å². The maximum atomic E-state index is 10.8. The number of rotatable bonds is 4. The second-order valence-corrected chi connectivity index (χ2v) is 3.96.